The van der Waals surface area contributed by atoms with Crippen LogP contribution in [0.5, 0.6) is 11.6 Å². The molecule has 0 aliphatic carbocycles. The van der Waals surface area contributed by atoms with Crippen LogP contribution in [-0.4, -0.2) is 26.1 Å². The number of benzene rings is 2. The van der Waals surface area contributed by atoms with E-state index in [1.807, 2.05) is 49.4 Å². The van der Waals surface area contributed by atoms with E-state index in [-0.39, 0.29) is 5.75 Å². The van der Waals surface area contributed by atoms with Crippen LogP contribution >= 0.6 is 0 Å². The number of aryl methyl sites for hydroxylation is 1. The molecule has 0 unspecified atom stereocenters. The molecule has 6 rings (SSSR count). The van der Waals surface area contributed by atoms with Crippen LogP contribution in [0.15, 0.2) is 67.0 Å². The number of ether oxygens (including phenoxy) is 1. The van der Waals surface area contributed by atoms with Crippen LogP contribution in [-0.2, 0) is 6.54 Å². The lowest BCUT2D eigenvalue weighted by Crippen LogP contribution is -2.14. The molecule has 8 nitrogen and oxygen atoms in total. The summed E-state index contributed by atoms with van der Waals surface area (Å²) in [6.07, 6.45) is 1.45. The van der Waals surface area contributed by atoms with Gasteiger partial charge in [-0.15, -0.1) is 0 Å². The second kappa shape index (κ2) is 7.98. The van der Waals surface area contributed by atoms with Gasteiger partial charge in [0.25, 0.3) is 0 Å². The summed E-state index contributed by atoms with van der Waals surface area (Å²) in [6, 6.07) is 17.9. The number of nitrogen functional groups attached to an aromatic ring is 2. The highest BCUT2D eigenvalue weighted by molar-refractivity contribution is 6.08. The van der Waals surface area contributed by atoms with Crippen molar-refractivity contribution < 1.29 is 9.13 Å². The first-order valence-electron chi connectivity index (χ1n) is 11.2. The highest BCUT2D eigenvalue weighted by Gasteiger charge is 2.31. The molecule has 174 valence electrons. The fraction of sp³-hybridized carbons (Fsp3) is 0.115. The number of anilines is 4. The Kier molecular flexibility index (Phi) is 4.77. The molecule has 0 saturated carbocycles. The minimum absolute atomic E-state index is 0.0895. The fourth-order valence-electron chi connectivity index (χ4n) is 4.59. The number of nitrogens with two attached hydrogens (primary N) is 2. The van der Waals surface area contributed by atoms with Crippen molar-refractivity contribution >= 4 is 34.0 Å². The maximum absolute atomic E-state index is 15.3. The number of pyridine rings is 1. The minimum atomic E-state index is -0.508. The Morgan fingerprint density at radius 1 is 0.971 bits per heavy atom. The Hall–Kier alpha value is -4.66. The lowest BCUT2D eigenvalue weighted by atomic mass is 10.0. The van der Waals surface area contributed by atoms with Crippen molar-refractivity contribution in [3.63, 3.8) is 0 Å². The van der Waals surface area contributed by atoms with E-state index >= 15 is 4.39 Å². The van der Waals surface area contributed by atoms with Crippen LogP contribution in [0.25, 0.3) is 22.2 Å². The zero-order valence-electron chi connectivity index (χ0n) is 18.9. The number of nitrogens with zero attached hydrogens (tertiary/aromatic N) is 5. The summed E-state index contributed by atoms with van der Waals surface area (Å²) < 4.78 is 23.1. The molecular formula is C26H22FN7O. The van der Waals surface area contributed by atoms with E-state index in [4.69, 9.17) is 16.2 Å². The third kappa shape index (κ3) is 3.48. The molecule has 1 aliphatic heterocycles. The molecule has 35 heavy (non-hydrogen) atoms. The van der Waals surface area contributed by atoms with Gasteiger partial charge in [-0.05, 0) is 55.0 Å². The largest absolute Gasteiger partial charge is 0.436 e. The van der Waals surface area contributed by atoms with Gasteiger partial charge in [0.15, 0.2) is 11.6 Å². The van der Waals surface area contributed by atoms with Crippen molar-refractivity contribution in [3.05, 3.63) is 78.5 Å². The molecule has 0 saturated heterocycles. The van der Waals surface area contributed by atoms with Gasteiger partial charge in [0, 0.05) is 41.8 Å². The van der Waals surface area contributed by atoms with E-state index in [1.54, 1.807) is 12.1 Å². The summed E-state index contributed by atoms with van der Waals surface area (Å²) in [4.78, 5) is 15.2. The maximum atomic E-state index is 15.3. The van der Waals surface area contributed by atoms with Crippen LogP contribution in [0.2, 0.25) is 0 Å². The summed E-state index contributed by atoms with van der Waals surface area (Å²) in [6.45, 7) is 3.29. The van der Waals surface area contributed by atoms with E-state index in [2.05, 4.69) is 24.4 Å². The Morgan fingerprint density at radius 2 is 1.80 bits per heavy atom. The minimum Gasteiger partial charge on any atom is -0.436 e. The zero-order valence-corrected chi connectivity index (χ0v) is 18.9. The molecule has 4 N–H and O–H groups in total. The molecular weight excluding hydrogens is 445 g/mol. The van der Waals surface area contributed by atoms with Crippen molar-refractivity contribution in [2.24, 2.45) is 0 Å². The van der Waals surface area contributed by atoms with Crippen molar-refractivity contribution in [1.82, 2.24) is 19.5 Å². The van der Waals surface area contributed by atoms with Crippen molar-refractivity contribution in [3.8, 4) is 22.8 Å². The van der Waals surface area contributed by atoms with E-state index in [0.717, 1.165) is 29.3 Å². The Bertz CT molecular complexity index is 1580. The number of hydrogen-bond donors (Lipinski definition) is 2. The van der Waals surface area contributed by atoms with Crippen LogP contribution in [0, 0.1) is 12.7 Å². The van der Waals surface area contributed by atoms with E-state index in [9.17, 15) is 0 Å². The Labute approximate surface area is 200 Å². The third-order valence-corrected chi connectivity index (χ3v) is 6.15. The molecule has 0 fully saturated rings. The molecule has 0 amide bonds. The number of aromatic nitrogens is 4. The van der Waals surface area contributed by atoms with Crippen LogP contribution in [0.1, 0.15) is 5.69 Å². The molecule has 5 aromatic rings. The normalized spacial score (nSPS) is 12.8. The molecule has 1 aliphatic rings. The third-order valence-electron chi connectivity index (χ3n) is 6.15. The molecule has 2 aromatic carbocycles. The van der Waals surface area contributed by atoms with Gasteiger partial charge in [-0.1, -0.05) is 12.1 Å². The summed E-state index contributed by atoms with van der Waals surface area (Å²) in [5.74, 6) is 1.14. The highest BCUT2D eigenvalue weighted by atomic mass is 19.1. The van der Waals surface area contributed by atoms with Crippen LogP contribution < -0.4 is 21.1 Å². The molecule has 0 spiro atoms. The van der Waals surface area contributed by atoms with Gasteiger partial charge in [0.1, 0.15) is 23.6 Å². The van der Waals surface area contributed by atoms with E-state index < -0.39 is 5.82 Å². The Morgan fingerprint density at radius 3 is 2.57 bits per heavy atom. The van der Waals surface area contributed by atoms with Gasteiger partial charge in [-0.25, -0.2) is 19.3 Å². The van der Waals surface area contributed by atoms with Crippen molar-refractivity contribution in [1.29, 1.82) is 0 Å². The fourth-order valence-corrected chi connectivity index (χ4v) is 4.59. The lowest BCUT2D eigenvalue weighted by molar-refractivity contribution is 0.427. The van der Waals surface area contributed by atoms with Gasteiger partial charge in [0.05, 0.1) is 5.39 Å². The highest BCUT2D eigenvalue weighted by Crippen LogP contribution is 2.47. The van der Waals surface area contributed by atoms with Gasteiger partial charge >= 0.3 is 0 Å². The quantitative estimate of drug-likeness (QED) is 0.356. The van der Waals surface area contributed by atoms with Gasteiger partial charge in [-0.2, -0.15) is 0 Å². The molecule has 0 bridgehead atoms. The summed E-state index contributed by atoms with van der Waals surface area (Å²) in [5, 5.41) is 0.691. The van der Waals surface area contributed by atoms with Crippen LogP contribution in [0.3, 0.4) is 0 Å². The summed E-state index contributed by atoms with van der Waals surface area (Å²) in [5.41, 5.74) is 16.8. The molecule has 4 heterocycles. The van der Waals surface area contributed by atoms with E-state index in [0.29, 0.717) is 40.5 Å². The number of halogens is 1. The molecule has 0 atom stereocenters. The summed E-state index contributed by atoms with van der Waals surface area (Å²) >= 11 is 0. The molecule has 3 aromatic heterocycles. The first-order valence-corrected chi connectivity index (χ1v) is 11.2. The maximum Gasteiger partial charge on any atom is 0.219 e. The van der Waals surface area contributed by atoms with Crippen molar-refractivity contribution in [2.45, 2.75) is 13.5 Å². The average molecular weight is 468 g/mol. The number of fused-ring (bicyclic) bond motifs is 3. The monoisotopic (exact) mass is 467 g/mol. The second-order valence-electron chi connectivity index (χ2n) is 8.42. The smallest absolute Gasteiger partial charge is 0.219 e. The lowest BCUT2D eigenvalue weighted by Gasteiger charge is -2.20. The zero-order chi connectivity index (χ0) is 24.1. The summed E-state index contributed by atoms with van der Waals surface area (Å²) in [7, 11) is 0. The standard InChI is InChI=1S/C26H22FN7O/c1-15-3-2-4-21(32-15)35-20-10-5-16(13-19(20)27)22-23-24(29)30-14-31-25(23)34-12-11-33(26(22)34)18-8-6-17(28)7-9-18/h2-10,13-14H,11-12,28H2,1H3,(H2,29,30,31). The number of rotatable bonds is 4. The Balaban J connectivity index is 1.50. The van der Waals surface area contributed by atoms with Gasteiger partial charge < -0.3 is 25.7 Å². The predicted octanol–water partition coefficient (Wildman–Crippen LogP) is 5.05. The average Bonchev–Trinajstić information content (AvgIpc) is 3.41. The predicted molar refractivity (Wildman–Crippen MR) is 134 cm³/mol. The second-order valence-corrected chi connectivity index (χ2v) is 8.42. The van der Waals surface area contributed by atoms with Gasteiger partial charge in [-0.3, -0.25) is 0 Å². The first kappa shape index (κ1) is 20.9. The first-order chi connectivity index (χ1) is 17.0. The van der Waals surface area contributed by atoms with Gasteiger partial charge in [0.2, 0.25) is 5.88 Å². The topological polar surface area (TPSA) is 108 Å². The van der Waals surface area contributed by atoms with Crippen LogP contribution in [0.4, 0.5) is 27.4 Å². The van der Waals surface area contributed by atoms with E-state index in [1.165, 1.54) is 12.4 Å². The number of hydrogen-bond acceptors (Lipinski definition) is 7. The van der Waals surface area contributed by atoms with Crippen molar-refractivity contribution in [2.75, 3.05) is 22.9 Å². The molecule has 0 radical (unpaired) electrons. The SMILES string of the molecule is Cc1cccc(Oc2ccc(-c3c4n(c5ncnc(N)c35)CCN4c3ccc(N)cc3)cc2F)n1. The molecule has 9 heteroatoms.